The number of piperidine rings is 1. The molecule has 0 aliphatic carbocycles. The fourth-order valence-corrected chi connectivity index (χ4v) is 4.04. The van der Waals surface area contributed by atoms with Gasteiger partial charge in [-0.15, -0.1) is 0 Å². The van der Waals surface area contributed by atoms with Crippen molar-refractivity contribution in [2.24, 2.45) is 5.92 Å². The number of nitrogens with one attached hydrogen (secondary N) is 1. The monoisotopic (exact) mass is 402 g/mol. The van der Waals surface area contributed by atoms with Gasteiger partial charge in [0.25, 0.3) is 5.91 Å². The Bertz CT molecular complexity index is 1010. The minimum atomic E-state index is -0.0928. The average molecular weight is 403 g/mol. The summed E-state index contributed by atoms with van der Waals surface area (Å²) in [6.45, 7) is 9.23. The highest BCUT2D eigenvalue weighted by molar-refractivity contribution is 6.04. The number of nitrogens with zero attached hydrogens (tertiary/aromatic N) is 3. The number of anilines is 2. The molecule has 2 aromatic carbocycles. The summed E-state index contributed by atoms with van der Waals surface area (Å²) in [5, 5.41) is 7.53. The Balaban J connectivity index is 1.40. The van der Waals surface area contributed by atoms with Gasteiger partial charge in [-0.05, 0) is 80.6 Å². The van der Waals surface area contributed by atoms with Gasteiger partial charge >= 0.3 is 0 Å². The third-order valence-electron chi connectivity index (χ3n) is 5.90. The van der Waals surface area contributed by atoms with E-state index in [1.54, 1.807) is 0 Å². The smallest absolute Gasteiger partial charge is 0.255 e. The first-order chi connectivity index (χ1) is 14.5. The Morgan fingerprint density at radius 3 is 2.47 bits per heavy atom. The summed E-state index contributed by atoms with van der Waals surface area (Å²) in [4.78, 5) is 15.2. The van der Waals surface area contributed by atoms with Crippen LogP contribution in [0.1, 0.15) is 47.1 Å². The number of carbonyl (C=O) groups is 1. The number of aryl methyl sites for hydroxylation is 2. The second-order valence-corrected chi connectivity index (χ2v) is 8.46. The molecular weight excluding hydrogens is 372 g/mol. The number of hydrogen-bond acceptors (Lipinski definition) is 3. The topological polar surface area (TPSA) is 50.2 Å². The standard InChI is InChI=1S/C25H30N4O/c1-18-11-13-28(14-12-18)24-9-7-23(8-10-24)26-25(30)22-6-4-5-21(16-22)17-29-20(3)15-19(2)27-29/h4-10,15-16,18H,11-14,17H2,1-3H3,(H,26,30). The van der Waals surface area contributed by atoms with Crippen LogP contribution >= 0.6 is 0 Å². The molecule has 1 aromatic heterocycles. The maximum absolute atomic E-state index is 12.8. The predicted octanol–water partition coefficient (Wildman–Crippen LogP) is 5.04. The minimum absolute atomic E-state index is 0.0928. The van der Waals surface area contributed by atoms with Crippen LogP contribution < -0.4 is 10.2 Å². The molecule has 1 saturated heterocycles. The zero-order valence-corrected chi connectivity index (χ0v) is 18.1. The molecule has 30 heavy (non-hydrogen) atoms. The van der Waals surface area contributed by atoms with Gasteiger partial charge in [-0.1, -0.05) is 19.1 Å². The molecule has 0 spiro atoms. The maximum Gasteiger partial charge on any atom is 0.255 e. The highest BCUT2D eigenvalue weighted by Gasteiger charge is 2.16. The lowest BCUT2D eigenvalue weighted by Gasteiger charge is -2.32. The largest absolute Gasteiger partial charge is 0.372 e. The molecule has 156 valence electrons. The van der Waals surface area contributed by atoms with Crippen LogP contribution in [-0.2, 0) is 6.54 Å². The number of amides is 1. The predicted molar refractivity (Wildman–Crippen MR) is 122 cm³/mol. The van der Waals surface area contributed by atoms with Gasteiger partial charge in [0.2, 0.25) is 0 Å². The zero-order chi connectivity index (χ0) is 21.1. The zero-order valence-electron chi connectivity index (χ0n) is 18.1. The number of carbonyl (C=O) groups excluding carboxylic acids is 1. The van der Waals surface area contributed by atoms with Gasteiger partial charge in [-0.25, -0.2) is 0 Å². The second kappa shape index (κ2) is 8.74. The number of rotatable bonds is 5. The number of benzene rings is 2. The van der Waals surface area contributed by atoms with Gasteiger partial charge in [-0.2, -0.15) is 5.10 Å². The molecule has 3 aromatic rings. The quantitative estimate of drug-likeness (QED) is 0.651. The van der Waals surface area contributed by atoms with Crippen LogP contribution in [0.2, 0.25) is 0 Å². The van der Waals surface area contributed by atoms with E-state index in [-0.39, 0.29) is 5.91 Å². The summed E-state index contributed by atoms with van der Waals surface area (Å²) in [7, 11) is 0. The second-order valence-electron chi connectivity index (χ2n) is 8.46. The molecule has 5 nitrogen and oxygen atoms in total. The van der Waals surface area contributed by atoms with Crippen molar-refractivity contribution in [1.82, 2.24) is 9.78 Å². The van der Waals surface area contributed by atoms with Crippen molar-refractivity contribution >= 4 is 17.3 Å². The molecule has 1 aliphatic rings. The Morgan fingerprint density at radius 1 is 1.07 bits per heavy atom. The first-order valence-electron chi connectivity index (χ1n) is 10.7. The van der Waals surface area contributed by atoms with Gasteiger partial charge in [0, 0.05) is 35.7 Å². The third-order valence-corrected chi connectivity index (χ3v) is 5.90. The van der Waals surface area contributed by atoms with Gasteiger partial charge in [-0.3, -0.25) is 9.48 Å². The van der Waals surface area contributed by atoms with E-state index < -0.39 is 0 Å². The lowest BCUT2D eigenvalue weighted by Crippen LogP contribution is -2.32. The van der Waals surface area contributed by atoms with Crippen LogP contribution in [0.5, 0.6) is 0 Å². The van der Waals surface area contributed by atoms with E-state index in [1.165, 1.54) is 18.5 Å². The third kappa shape index (κ3) is 4.73. The highest BCUT2D eigenvalue weighted by atomic mass is 16.1. The summed E-state index contributed by atoms with van der Waals surface area (Å²) in [6.07, 6.45) is 2.49. The van der Waals surface area contributed by atoms with Gasteiger partial charge < -0.3 is 10.2 Å². The van der Waals surface area contributed by atoms with Crippen molar-refractivity contribution in [2.75, 3.05) is 23.3 Å². The van der Waals surface area contributed by atoms with Crippen LogP contribution in [0.25, 0.3) is 0 Å². The fourth-order valence-electron chi connectivity index (χ4n) is 4.04. The molecule has 0 atom stereocenters. The van der Waals surface area contributed by atoms with Crippen molar-refractivity contribution in [3.63, 3.8) is 0 Å². The molecule has 1 fully saturated rings. The summed E-state index contributed by atoms with van der Waals surface area (Å²) in [5.41, 5.74) is 5.88. The van der Waals surface area contributed by atoms with Crippen LogP contribution in [0.15, 0.2) is 54.6 Å². The van der Waals surface area contributed by atoms with Crippen molar-refractivity contribution in [3.05, 3.63) is 77.1 Å². The summed E-state index contributed by atoms with van der Waals surface area (Å²) < 4.78 is 1.96. The summed E-state index contributed by atoms with van der Waals surface area (Å²) in [6, 6.07) is 18.0. The first kappa shape index (κ1) is 20.2. The molecular formula is C25H30N4O. The van der Waals surface area contributed by atoms with Gasteiger partial charge in [0.1, 0.15) is 0 Å². The molecule has 2 heterocycles. The van der Waals surface area contributed by atoms with Crippen LogP contribution in [0.4, 0.5) is 11.4 Å². The molecule has 1 amide bonds. The number of aromatic nitrogens is 2. The van der Waals surface area contributed by atoms with E-state index >= 15 is 0 Å². The normalized spacial score (nSPS) is 14.7. The van der Waals surface area contributed by atoms with Crippen LogP contribution in [0, 0.1) is 19.8 Å². The Morgan fingerprint density at radius 2 is 1.80 bits per heavy atom. The molecule has 0 saturated carbocycles. The molecule has 1 aliphatic heterocycles. The molecule has 5 heteroatoms. The van der Waals surface area contributed by atoms with Crippen molar-refractivity contribution in [3.8, 4) is 0 Å². The van der Waals surface area contributed by atoms with E-state index in [0.29, 0.717) is 12.1 Å². The van der Waals surface area contributed by atoms with Crippen molar-refractivity contribution in [1.29, 1.82) is 0 Å². The molecule has 1 N–H and O–H groups in total. The summed E-state index contributed by atoms with van der Waals surface area (Å²) >= 11 is 0. The van der Waals surface area contributed by atoms with E-state index in [1.807, 2.05) is 54.9 Å². The van der Waals surface area contributed by atoms with Crippen LogP contribution in [0.3, 0.4) is 0 Å². The summed E-state index contributed by atoms with van der Waals surface area (Å²) in [5.74, 6) is 0.724. The Hall–Kier alpha value is -3.08. The van der Waals surface area contributed by atoms with Crippen molar-refractivity contribution < 1.29 is 4.79 Å². The highest BCUT2D eigenvalue weighted by Crippen LogP contribution is 2.24. The fraction of sp³-hybridized carbons (Fsp3) is 0.360. The lowest BCUT2D eigenvalue weighted by molar-refractivity contribution is 0.102. The van der Waals surface area contributed by atoms with Crippen LogP contribution in [-0.4, -0.2) is 28.8 Å². The molecule has 0 unspecified atom stereocenters. The van der Waals surface area contributed by atoms with Gasteiger partial charge in [0.05, 0.1) is 12.2 Å². The average Bonchev–Trinajstić information content (AvgIpc) is 3.06. The van der Waals surface area contributed by atoms with E-state index in [4.69, 9.17) is 0 Å². The molecule has 0 bridgehead atoms. The SMILES string of the molecule is Cc1cc(C)n(Cc2cccc(C(=O)Nc3ccc(N4CCC(C)CC4)cc3)c2)n1. The Labute approximate surface area is 178 Å². The first-order valence-corrected chi connectivity index (χ1v) is 10.7. The van der Waals surface area contributed by atoms with E-state index in [2.05, 4.69) is 40.4 Å². The van der Waals surface area contributed by atoms with Crippen molar-refractivity contribution in [2.45, 2.75) is 40.2 Å². The lowest BCUT2D eigenvalue weighted by atomic mass is 9.99. The minimum Gasteiger partial charge on any atom is -0.372 e. The van der Waals surface area contributed by atoms with E-state index in [9.17, 15) is 4.79 Å². The maximum atomic E-state index is 12.8. The van der Waals surface area contributed by atoms with E-state index in [0.717, 1.165) is 41.6 Å². The molecule has 4 rings (SSSR count). The Kier molecular flexibility index (Phi) is 5.88. The van der Waals surface area contributed by atoms with Gasteiger partial charge in [0.15, 0.2) is 0 Å². The number of hydrogen-bond donors (Lipinski definition) is 1. The molecule has 0 radical (unpaired) electrons.